The highest BCUT2D eigenvalue weighted by molar-refractivity contribution is 5.93. The van der Waals surface area contributed by atoms with Crippen molar-refractivity contribution in [3.63, 3.8) is 0 Å². The number of carbonyl (C=O) groups is 1. The van der Waals surface area contributed by atoms with E-state index in [4.69, 9.17) is 4.74 Å². The van der Waals surface area contributed by atoms with E-state index in [1.165, 1.54) is 0 Å². The van der Waals surface area contributed by atoms with Gasteiger partial charge in [0.1, 0.15) is 11.3 Å². The summed E-state index contributed by atoms with van der Waals surface area (Å²) < 4.78 is 42.8. The first kappa shape index (κ1) is 12.9. The lowest BCUT2D eigenvalue weighted by Crippen LogP contribution is -2.33. The fourth-order valence-electron chi connectivity index (χ4n) is 1.77. The first-order chi connectivity index (χ1) is 8.48. The number of nitrogens with zero attached hydrogens (tertiary/aromatic N) is 1. The molecule has 1 aromatic rings. The van der Waals surface area contributed by atoms with Crippen LogP contribution in [0, 0.1) is 0 Å². The van der Waals surface area contributed by atoms with Crippen molar-refractivity contribution in [2.75, 3.05) is 13.2 Å². The van der Waals surface area contributed by atoms with E-state index in [-0.39, 0.29) is 12.6 Å². The third-order valence-electron chi connectivity index (χ3n) is 2.69. The number of aromatic nitrogens is 2. The summed E-state index contributed by atoms with van der Waals surface area (Å²) in [6, 6.07) is 0. The first-order valence-electron chi connectivity index (χ1n) is 5.49. The van der Waals surface area contributed by atoms with Crippen molar-refractivity contribution in [2.45, 2.75) is 25.1 Å². The summed E-state index contributed by atoms with van der Waals surface area (Å²) in [7, 11) is 0. The maximum Gasteiger partial charge on any atom is 0.420 e. The van der Waals surface area contributed by atoms with Gasteiger partial charge in [-0.2, -0.15) is 18.3 Å². The van der Waals surface area contributed by atoms with Crippen molar-refractivity contribution in [3.05, 3.63) is 17.5 Å². The van der Waals surface area contributed by atoms with Gasteiger partial charge in [0.15, 0.2) is 0 Å². The molecule has 2 heterocycles. The number of alkyl halides is 3. The van der Waals surface area contributed by atoms with Crippen LogP contribution in [-0.2, 0) is 10.9 Å². The molecule has 0 saturated carbocycles. The van der Waals surface area contributed by atoms with Crippen LogP contribution < -0.4 is 5.32 Å². The molecule has 0 aromatic carbocycles. The summed E-state index contributed by atoms with van der Waals surface area (Å²) in [5, 5.41) is 7.72. The molecule has 2 rings (SSSR count). The minimum absolute atomic E-state index is 0.119. The van der Waals surface area contributed by atoms with Gasteiger partial charge in [-0.15, -0.1) is 0 Å². The lowest BCUT2D eigenvalue weighted by atomic mass is 10.2. The Bertz CT molecular complexity index is 424. The number of hydrogen-bond acceptors (Lipinski definition) is 3. The van der Waals surface area contributed by atoms with Crippen molar-refractivity contribution in [3.8, 4) is 0 Å². The number of nitrogens with one attached hydrogen (secondary N) is 2. The Kier molecular flexibility index (Phi) is 3.55. The quantitative estimate of drug-likeness (QED) is 0.864. The normalized spacial score (nSPS) is 20.1. The van der Waals surface area contributed by atoms with E-state index in [1.54, 1.807) is 0 Å². The van der Waals surface area contributed by atoms with Crippen LogP contribution in [0.4, 0.5) is 13.2 Å². The maximum atomic E-state index is 12.5. The first-order valence-corrected chi connectivity index (χ1v) is 5.49. The van der Waals surface area contributed by atoms with E-state index in [1.807, 2.05) is 0 Å². The molecule has 0 spiro atoms. The predicted molar refractivity (Wildman–Crippen MR) is 54.9 cm³/mol. The second-order valence-corrected chi connectivity index (χ2v) is 4.00. The molecule has 100 valence electrons. The maximum absolute atomic E-state index is 12.5. The molecule has 2 N–H and O–H groups in total. The zero-order chi connectivity index (χ0) is 13.2. The molecular weight excluding hydrogens is 251 g/mol. The van der Waals surface area contributed by atoms with Gasteiger partial charge < -0.3 is 10.1 Å². The van der Waals surface area contributed by atoms with Gasteiger partial charge in [0.25, 0.3) is 5.91 Å². The molecule has 1 atom stereocenters. The monoisotopic (exact) mass is 263 g/mol. The summed E-state index contributed by atoms with van der Waals surface area (Å²) >= 11 is 0. The van der Waals surface area contributed by atoms with E-state index >= 15 is 0 Å². The van der Waals surface area contributed by atoms with Crippen molar-refractivity contribution in [2.24, 2.45) is 0 Å². The average Bonchev–Trinajstić information content (AvgIpc) is 2.95. The minimum atomic E-state index is -4.59. The molecule has 0 aliphatic carbocycles. The highest BCUT2D eigenvalue weighted by Crippen LogP contribution is 2.30. The number of H-pyrrole nitrogens is 1. The molecule has 5 nitrogen and oxygen atoms in total. The van der Waals surface area contributed by atoms with Gasteiger partial charge in [-0.1, -0.05) is 0 Å². The van der Waals surface area contributed by atoms with E-state index in [0.29, 0.717) is 12.8 Å². The highest BCUT2D eigenvalue weighted by atomic mass is 19.4. The van der Waals surface area contributed by atoms with Gasteiger partial charge in [0, 0.05) is 13.2 Å². The topological polar surface area (TPSA) is 67.0 Å². The van der Waals surface area contributed by atoms with Crippen LogP contribution in [0.25, 0.3) is 0 Å². The Hall–Kier alpha value is -1.57. The van der Waals surface area contributed by atoms with Crippen LogP contribution in [0.15, 0.2) is 6.20 Å². The number of hydrogen-bond donors (Lipinski definition) is 2. The summed E-state index contributed by atoms with van der Waals surface area (Å²) in [5.41, 5.74) is -1.63. The largest absolute Gasteiger partial charge is 0.420 e. The van der Waals surface area contributed by atoms with Crippen molar-refractivity contribution in [1.82, 2.24) is 15.5 Å². The lowest BCUT2D eigenvalue weighted by molar-refractivity contribution is -0.137. The van der Waals surface area contributed by atoms with Gasteiger partial charge in [-0.3, -0.25) is 9.89 Å². The van der Waals surface area contributed by atoms with Crippen LogP contribution in [0.2, 0.25) is 0 Å². The Labute approximate surface area is 101 Å². The summed E-state index contributed by atoms with van der Waals surface area (Å²) in [6.07, 6.45) is -2.41. The van der Waals surface area contributed by atoms with Crippen molar-refractivity contribution >= 4 is 5.91 Å². The van der Waals surface area contributed by atoms with E-state index in [9.17, 15) is 18.0 Å². The molecule has 1 amide bonds. The number of halogens is 3. The number of aromatic amines is 1. The summed E-state index contributed by atoms with van der Waals surface area (Å²) in [4.78, 5) is 11.6. The molecule has 1 aliphatic rings. The molecule has 1 saturated heterocycles. The van der Waals surface area contributed by atoms with E-state index < -0.39 is 23.3 Å². The predicted octanol–water partition coefficient (Wildman–Crippen LogP) is 1.34. The van der Waals surface area contributed by atoms with Crippen LogP contribution in [0.5, 0.6) is 0 Å². The fraction of sp³-hybridized carbons (Fsp3) is 0.600. The van der Waals surface area contributed by atoms with Gasteiger partial charge >= 0.3 is 6.18 Å². The molecular formula is C10H12F3N3O2. The molecule has 18 heavy (non-hydrogen) atoms. The zero-order valence-electron chi connectivity index (χ0n) is 9.38. The van der Waals surface area contributed by atoms with Gasteiger partial charge in [0.05, 0.1) is 12.3 Å². The van der Waals surface area contributed by atoms with E-state index in [0.717, 1.165) is 12.8 Å². The third-order valence-corrected chi connectivity index (χ3v) is 2.69. The molecule has 0 bridgehead atoms. The molecule has 8 heteroatoms. The molecule has 0 radical (unpaired) electrons. The summed E-state index contributed by atoms with van der Waals surface area (Å²) in [5.74, 6) is -0.824. The van der Waals surface area contributed by atoms with Crippen LogP contribution in [0.3, 0.4) is 0 Å². The smallest absolute Gasteiger partial charge is 0.376 e. The average molecular weight is 263 g/mol. The highest BCUT2D eigenvalue weighted by Gasteiger charge is 2.37. The van der Waals surface area contributed by atoms with Crippen LogP contribution >= 0.6 is 0 Å². The molecule has 1 aliphatic heterocycles. The fourth-order valence-corrected chi connectivity index (χ4v) is 1.77. The third kappa shape index (κ3) is 2.81. The molecule has 1 unspecified atom stereocenters. The number of amides is 1. The van der Waals surface area contributed by atoms with E-state index in [2.05, 4.69) is 15.5 Å². The standard InChI is InChI=1S/C10H12F3N3O2/c11-10(12,13)7-5-15-16-8(7)9(17)14-4-6-2-1-3-18-6/h5-6H,1-4H2,(H,14,17)(H,15,16). The Morgan fingerprint density at radius 1 is 1.61 bits per heavy atom. The minimum Gasteiger partial charge on any atom is -0.376 e. The van der Waals surface area contributed by atoms with Crippen LogP contribution in [-0.4, -0.2) is 35.4 Å². The molecule has 1 fully saturated rings. The second kappa shape index (κ2) is 4.97. The number of carbonyl (C=O) groups excluding carboxylic acids is 1. The zero-order valence-corrected chi connectivity index (χ0v) is 9.38. The lowest BCUT2D eigenvalue weighted by Gasteiger charge is -2.11. The Morgan fingerprint density at radius 3 is 3.00 bits per heavy atom. The van der Waals surface area contributed by atoms with Crippen LogP contribution in [0.1, 0.15) is 28.9 Å². The second-order valence-electron chi connectivity index (χ2n) is 4.00. The summed E-state index contributed by atoms with van der Waals surface area (Å²) in [6.45, 7) is 0.827. The van der Waals surface area contributed by atoms with Gasteiger partial charge in [-0.05, 0) is 12.8 Å². The number of rotatable bonds is 3. The van der Waals surface area contributed by atoms with Crippen molar-refractivity contribution < 1.29 is 22.7 Å². The van der Waals surface area contributed by atoms with Crippen molar-refractivity contribution in [1.29, 1.82) is 0 Å². The van der Waals surface area contributed by atoms with Gasteiger partial charge in [-0.25, -0.2) is 0 Å². The Balaban J connectivity index is 1.98. The van der Waals surface area contributed by atoms with Gasteiger partial charge in [0.2, 0.25) is 0 Å². The molecule has 1 aromatic heterocycles. The number of ether oxygens (including phenoxy) is 1. The Morgan fingerprint density at radius 2 is 2.39 bits per heavy atom. The SMILES string of the molecule is O=C(NCC1CCCO1)c1[nH]ncc1C(F)(F)F.